The molecule has 9 heteroatoms. The first-order valence-electron chi connectivity index (χ1n) is 10.6. The molecule has 3 aromatic rings. The largest absolute Gasteiger partial charge is 0.496 e. The Morgan fingerprint density at radius 3 is 2.62 bits per heavy atom. The second-order valence-electron chi connectivity index (χ2n) is 7.99. The van der Waals surface area contributed by atoms with Gasteiger partial charge in [0.15, 0.2) is 5.17 Å². The smallest absolute Gasteiger partial charge is 0.273 e. The number of non-ortho nitro benzene ring substituents is 1. The van der Waals surface area contributed by atoms with E-state index in [4.69, 9.17) is 9.15 Å². The number of hydrogen-bond acceptors (Lipinski definition) is 7. The molecular formula is C25H23N3O5S. The topological polar surface area (TPSA) is 98.2 Å². The van der Waals surface area contributed by atoms with E-state index < -0.39 is 4.92 Å². The van der Waals surface area contributed by atoms with Gasteiger partial charge in [-0.25, -0.2) is 4.99 Å². The number of benzene rings is 2. The van der Waals surface area contributed by atoms with Crippen LogP contribution in [0.5, 0.6) is 5.75 Å². The van der Waals surface area contributed by atoms with Crippen LogP contribution in [0.3, 0.4) is 0 Å². The van der Waals surface area contributed by atoms with E-state index in [1.54, 1.807) is 29.2 Å². The predicted molar refractivity (Wildman–Crippen MR) is 133 cm³/mol. The van der Waals surface area contributed by atoms with Gasteiger partial charge in [0.25, 0.3) is 11.6 Å². The zero-order valence-electron chi connectivity index (χ0n) is 18.9. The van der Waals surface area contributed by atoms with Crippen LogP contribution in [0, 0.1) is 16.0 Å². The number of amides is 1. The molecule has 1 aromatic heterocycles. The van der Waals surface area contributed by atoms with Crippen molar-refractivity contribution in [2.45, 2.75) is 13.8 Å². The van der Waals surface area contributed by atoms with Gasteiger partial charge >= 0.3 is 0 Å². The molecule has 0 radical (unpaired) electrons. The molecule has 4 rings (SSSR count). The van der Waals surface area contributed by atoms with Gasteiger partial charge in [-0.05, 0) is 48.0 Å². The van der Waals surface area contributed by atoms with Crippen LogP contribution in [0.2, 0.25) is 0 Å². The first-order chi connectivity index (χ1) is 16.4. The van der Waals surface area contributed by atoms with Crippen molar-refractivity contribution >= 4 is 40.3 Å². The molecule has 0 unspecified atom stereocenters. The third kappa shape index (κ3) is 5.04. The van der Waals surface area contributed by atoms with E-state index in [-0.39, 0.29) is 17.5 Å². The van der Waals surface area contributed by atoms with E-state index in [0.717, 1.165) is 5.69 Å². The lowest BCUT2D eigenvalue weighted by Gasteiger charge is -2.17. The molecule has 1 aliphatic heterocycles. The van der Waals surface area contributed by atoms with Crippen molar-refractivity contribution in [2.75, 3.05) is 13.7 Å². The van der Waals surface area contributed by atoms with Crippen molar-refractivity contribution in [1.82, 2.24) is 4.90 Å². The Morgan fingerprint density at radius 1 is 1.18 bits per heavy atom. The summed E-state index contributed by atoms with van der Waals surface area (Å²) in [5.74, 6) is 1.44. The standard InChI is InChI=1S/C25H23N3O5S/c1-16(2)15-27-24(29)23(34-25(27)26-17-7-5-4-6-8-17)14-19-10-12-21(33-19)20-11-9-18(28(30)31)13-22(20)32-3/h4-14,16H,15H2,1-3H3/b23-14-,26-25?. The van der Waals surface area contributed by atoms with Crippen molar-refractivity contribution in [2.24, 2.45) is 10.9 Å². The van der Waals surface area contributed by atoms with Crippen molar-refractivity contribution in [1.29, 1.82) is 0 Å². The highest BCUT2D eigenvalue weighted by Gasteiger charge is 2.34. The van der Waals surface area contributed by atoms with Crippen LogP contribution < -0.4 is 4.74 Å². The average molecular weight is 478 g/mol. The number of nitro benzene ring substituents is 1. The maximum atomic E-state index is 13.2. The van der Waals surface area contributed by atoms with Crippen LogP contribution in [-0.2, 0) is 4.79 Å². The monoisotopic (exact) mass is 477 g/mol. The van der Waals surface area contributed by atoms with Gasteiger partial charge in [0.2, 0.25) is 0 Å². The fraction of sp³-hybridized carbons (Fsp3) is 0.200. The van der Waals surface area contributed by atoms with Crippen molar-refractivity contribution in [3.8, 4) is 17.1 Å². The summed E-state index contributed by atoms with van der Waals surface area (Å²) in [4.78, 5) is 30.6. The molecule has 2 aromatic carbocycles. The fourth-order valence-corrected chi connectivity index (χ4v) is 4.42. The third-order valence-corrected chi connectivity index (χ3v) is 5.98. The van der Waals surface area contributed by atoms with Crippen molar-refractivity contribution in [3.63, 3.8) is 0 Å². The number of amidine groups is 1. The van der Waals surface area contributed by atoms with Crippen LogP contribution in [0.15, 0.2) is 75.0 Å². The number of furan rings is 1. The van der Waals surface area contributed by atoms with E-state index >= 15 is 0 Å². The number of rotatable bonds is 7. The molecule has 34 heavy (non-hydrogen) atoms. The fourth-order valence-electron chi connectivity index (χ4n) is 3.43. The first kappa shape index (κ1) is 23.3. The molecule has 0 aliphatic carbocycles. The highest BCUT2D eigenvalue weighted by molar-refractivity contribution is 8.18. The quantitative estimate of drug-likeness (QED) is 0.231. The lowest BCUT2D eigenvalue weighted by molar-refractivity contribution is -0.384. The summed E-state index contributed by atoms with van der Waals surface area (Å²) in [6.07, 6.45) is 1.69. The number of ether oxygens (including phenoxy) is 1. The van der Waals surface area contributed by atoms with Gasteiger partial charge in [-0.2, -0.15) is 0 Å². The Hall–Kier alpha value is -3.85. The van der Waals surface area contributed by atoms with Crippen molar-refractivity contribution < 1.29 is 18.9 Å². The summed E-state index contributed by atoms with van der Waals surface area (Å²) in [7, 11) is 1.44. The molecule has 0 N–H and O–H groups in total. The maximum Gasteiger partial charge on any atom is 0.273 e. The Bertz CT molecular complexity index is 1280. The molecular weight excluding hydrogens is 454 g/mol. The second-order valence-corrected chi connectivity index (χ2v) is 9.00. The highest BCUT2D eigenvalue weighted by Crippen LogP contribution is 2.37. The number of aliphatic imine (C=N–C) groups is 1. The van der Waals surface area contributed by atoms with Gasteiger partial charge in [0, 0.05) is 18.7 Å². The summed E-state index contributed by atoms with van der Waals surface area (Å²) < 4.78 is 11.3. The summed E-state index contributed by atoms with van der Waals surface area (Å²) in [5, 5.41) is 11.7. The SMILES string of the molecule is COc1cc([N+](=O)[O-])ccc1-c1ccc(/C=C2\SC(=Nc3ccccc3)N(CC(C)C)C2=O)o1. The van der Waals surface area contributed by atoms with Gasteiger partial charge < -0.3 is 9.15 Å². The lowest BCUT2D eigenvalue weighted by Crippen LogP contribution is -2.32. The van der Waals surface area contributed by atoms with Crippen LogP contribution in [-0.4, -0.2) is 34.6 Å². The Kier molecular flexibility index (Phi) is 6.83. The molecule has 1 amide bonds. The number of thioether (sulfide) groups is 1. The second kappa shape index (κ2) is 9.96. The van der Waals surface area contributed by atoms with Gasteiger partial charge in [0.05, 0.1) is 34.3 Å². The number of carbonyl (C=O) groups excluding carboxylic acids is 1. The van der Waals surface area contributed by atoms with E-state index in [2.05, 4.69) is 18.8 Å². The Labute approximate surface area is 201 Å². The van der Waals surface area contributed by atoms with Crippen LogP contribution in [0.1, 0.15) is 19.6 Å². The average Bonchev–Trinajstić information content (AvgIpc) is 3.39. The molecule has 0 spiro atoms. The van der Waals surface area contributed by atoms with Crippen LogP contribution in [0.4, 0.5) is 11.4 Å². The lowest BCUT2D eigenvalue weighted by atomic mass is 10.1. The minimum absolute atomic E-state index is 0.0714. The summed E-state index contributed by atoms with van der Waals surface area (Å²) in [6, 6.07) is 17.3. The molecule has 0 saturated carbocycles. The number of para-hydroxylation sites is 1. The Morgan fingerprint density at radius 2 is 1.94 bits per heavy atom. The number of hydrogen-bond donors (Lipinski definition) is 0. The maximum absolute atomic E-state index is 13.2. The molecule has 1 fully saturated rings. The zero-order chi connectivity index (χ0) is 24.2. The van der Waals surface area contributed by atoms with Gasteiger partial charge in [-0.3, -0.25) is 19.8 Å². The van der Waals surface area contributed by atoms with Gasteiger partial charge in [-0.1, -0.05) is 32.0 Å². The van der Waals surface area contributed by atoms with Gasteiger partial charge in [0.1, 0.15) is 17.3 Å². The number of carbonyl (C=O) groups is 1. The number of nitro groups is 1. The van der Waals surface area contributed by atoms with Crippen molar-refractivity contribution in [3.05, 3.63) is 81.4 Å². The summed E-state index contributed by atoms with van der Waals surface area (Å²) in [5.41, 5.74) is 1.28. The first-order valence-corrected chi connectivity index (χ1v) is 11.4. The molecule has 8 nitrogen and oxygen atoms in total. The Balaban J connectivity index is 1.64. The minimum atomic E-state index is -0.481. The molecule has 2 heterocycles. The molecule has 174 valence electrons. The van der Waals surface area contributed by atoms with Gasteiger partial charge in [-0.15, -0.1) is 0 Å². The normalized spacial score (nSPS) is 16.1. The zero-order valence-corrected chi connectivity index (χ0v) is 19.7. The van der Waals surface area contributed by atoms with E-state index in [9.17, 15) is 14.9 Å². The van der Waals surface area contributed by atoms with E-state index in [0.29, 0.717) is 39.5 Å². The molecule has 1 saturated heterocycles. The number of nitrogens with zero attached hydrogens (tertiary/aromatic N) is 3. The van der Waals surface area contributed by atoms with E-state index in [1.165, 1.54) is 31.0 Å². The molecule has 0 bridgehead atoms. The molecule has 1 aliphatic rings. The molecule has 0 atom stereocenters. The van der Waals surface area contributed by atoms with E-state index in [1.807, 2.05) is 30.3 Å². The summed E-state index contributed by atoms with van der Waals surface area (Å²) in [6.45, 7) is 4.66. The summed E-state index contributed by atoms with van der Waals surface area (Å²) >= 11 is 1.30. The third-order valence-electron chi connectivity index (χ3n) is 4.98. The number of methoxy groups -OCH3 is 1. The predicted octanol–water partition coefficient (Wildman–Crippen LogP) is 6.12. The minimum Gasteiger partial charge on any atom is -0.496 e. The van der Waals surface area contributed by atoms with Crippen LogP contribution in [0.25, 0.3) is 17.4 Å². The highest BCUT2D eigenvalue weighted by atomic mass is 32.2. The van der Waals surface area contributed by atoms with Crippen LogP contribution >= 0.6 is 11.8 Å².